The number of fused-ring (bicyclic) bond motifs is 1. The molecule has 0 bridgehead atoms. The number of hydrogen-bond donors (Lipinski definition) is 2. The van der Waals surface area contributed by atoms with Crippen LogP contribution in [-0.2, 0) is 4.79 Å². The summed E-state index contributed by atoms with van der Waals surface area (Å²) in [4.78, 5) is 28.4. The van der Waals surface area contributed by atoms with Gasteiger partial charge in [0, 0.05) is 19.1 Å². The first kappa shape index (κ1) is 14.8. The predicted molar refractivity (Wildman–Crippen MR) is 84.1 cm³/mol. The number of para-hydroxylation sites is 2. The zero-order chi connectivity index (χ0) is 15.7. The Labute approximate surface area is 128 Å². The predicted octanol–water partition coefficient (Wildman–Crippen LogP) is 1.83. The van der Waals surface area contributed by atoms with Crippen LogP contribution in [-0.4, -0.2) is 44.7 Å². The molecule has 1 aromatic carbocycles. The van der Waals surface area contributed by atoms with E-state index in [-0.39, 0.29) is 11.7 Å². The van der Waals surface area contributed by atoms with Crippen LogP contribution in [0, 0.1) is 0 Å². The van der Waals surface area contributed by atoms with E-state index in [0.29, 0.717) is 19.5 Å². The Kier molecular flexibility index (Phi) is 4.02. The van der Waals surface area contributed by atoms with Gasteiger partial charge < -0.3 is 10.1 Å². The highest BCUT2D eigenvalue weighted by Crippen LogP contribution is 2.26. The Bertz CT molecular complexity index is 726. The van der Waals surface area contributed by atoms with Gasteiger partial charge in [0.1, 0.15) is 6.04 Å². The zero-order valence-corrected chi connectivity index (χ0v) is 12.7. The van der Waals surface area contributed by atoms with E-state index in [1.165, 1.54) is 0 Å². The van der Waals surface area contributed by atoms with Crippen LogP contribution in [0.3, 0.4) is 0 Å². The zero-order valence-electron chi connectivity index (χ0n) is 12.7. The molecule has 1 unspecified atom stereocenters. The number of benzene rings is 1. The van der Waals surface area contributed by atoms with E-state index in [1.807, 2.05) is 40.7 Å². The molecule has 0 saturated carbocycles. The Morgan fingerprint density at radius 2 is 2.05 bits per heavy atom. The summed E-state index contributed by atoms with van der Waals surface area (Å²) in [6.07, 6.45) is 2.20. The monoisotopic (exact) mass is 303 g/mol. The second-order valence-corrected chi connectivity index (χ2v) is 5.85. The Balaban J connectivity index is 1.80. The minimum absolute atomic E-state index is 0.0788. The molecule has 1 aromatic heterocycles. The fraction of sp³-hybridized carbons (Fsp3) is 0.500. The second kappa shape index (κ2) is 5.96. The molecule has 0 aliphatic carbocycles. The first-order chi connectivity index (χ1) is 10.6. The third-order valence-electron chi connectivity index (χ3n) is 4.60. The van der Waals surface area contributed by atoms with Crippen LogP contribution in [0.25, 0.3) is 11.0 Å². The van der Waals surface area contributed by atoms with Crippen molar-refractivity contribution in [3.05, 3.63) is 34.7 Å². The number of aromatic nitrogens is 2. The summed E-state index contributed by atoms with van der Waals surface area (Å²) in [6, 6.07) is 7.40. The number of likely N-dealkylation sites (tertiary alicyclic amines) is 1. The molecular formula is C16H21N3O3. The van der Waals surface area contributed by atoms with Crippen molar-refractivity contribution in [3.63, 3.8) is 0 Å². The molecule has 1 saturated heterocycles. The summed E-state index contributed by atoms with van der Waals surface area (Å²) in [5.41, 5.74) is 1.70. The maximum absolute atomic E-state index is 12.2. The third kappa shape index (κ3) is 2.54. The number of H-pyrrole nitrogens is 1. The van der Waals surface area contributed by atoms with Gasteiger partial charge in [-0.05, 0) is 31.4 Å². The number of aliphatic carboxylic acids is 1. The number of imidazole rings is 1. The summed E-state index contributed by atoms with van der Waals surface area (Å²) in [7, 11) is 0. The lowest BCUT2D eigenvalue weighted by Crippen LogP contribution is -2.46. The maximum Gasteiger partial charge on any atom is 0.326 e. The molecule has 1 aliphatic rings. The Morgan fingerprint density at radius 1 is 1.36 bits per heavy atom. The van der Waals surface area contributed by atoms with Crippen molar-refractivity contribution in [2.45, 2.75) is 38.3 Å². The van der Waals surface area contributed by atoms with Crippen LogP contribution in [0.15, 0.2) is 29.1 Å². The number of piperidine rings is 1. The standard InChI is InChI=1S/C16H21N3O3/c1-2-13(15(20)21)18-9-7-11(8-10-18)19-14-6-4-3-5-12(14)17-16(19)22/h3-6,11,13H,2,7-10H2,1H3,(H,17,22)(H,20,21). The van der Waals surface area contributed by atoms with Gasteiger partial charge in [-0.1, -0.05) is 19.1 Å². The van der Waals surface area contributed by atoms with Gasteiger partial charge in [-0.25, -0.2) is 4.79 Å². The van der Waals surface area contributed by atoms with Crippen LogP contribution in [0.4, 0.5) is 0 Å². The van der Waals surface area contributed by atoms with Crippen molar-refractivity contribution in [3.8, 4) is 0 Å². The van der Waals surface area contributed by atoms with Crippen LogP contribution < -0.4 is 5.69 Å². The Hall–Kier alpha value is -2.08. The summed E-state index contributed by atoms with van der Waals surface area (Å²) in [5.74, 6) is -0.759. The van der Waals surface area contributed by atoms with Crippen molar-refractivity contribution >= 4 is 17.0 Å². The molecule has 1 fully saturated rings. The summed E-state index contributed by atoms with van der Waals surface area (Å²) < 4.78 is 1.83. The van der Waals surface area contributed by atoms with Crippen LogP contribution >= 0.6 is 0 Å². The van der Waals surface area contributed by atoms with E-state index >= 15 is 0 Å². The molecule has 0 amide bonds. The van der Waals surface area contributed by atoms with Gasteiger partial charge in [0.15, 0.2) is 0 Å². The van der Waals surface area contributed by atoms with E-state index in [9.17, 15) is 14.7 Å². The van der Waals surface area contributed by atoms with Crippen molar-refractivity contribution in [1.29, 1.82) is 0 Å². The van der Waals surface area contributed by atoms with Gasteiger partial charge in [0.2, 0.25) is 0 Å². The SMILES string of the molecule is CCC(C(=O)O)N1CCC(n2c(=O)[nH]c3ccccc32)CC1. The first-order valence-electron chi connectivity index (χ1n) is 7.78. The molecule has 1 atom stereocenters. The lowest BCUT2D eigenvalue weighted by Gasteiger charge is -2.35. The number of aromatic amines is 1. The van der Waals surface area contributed by atoms with Gasteiger partial charge in [-0.3, -0.25) is 14.3 Å². The quantitative estimate of drug-likeness (QED) is 0.903. The van der Waals surface area contributed by atoms with E-state index in [0.717, 1.165) is 23.9 Å². The smallest absolute Gasteiger partial charge is 0.326 e. The molecule has 2 aromatic rings. The maximum atomic E-state index is 12.2. The van der Waals surface area contributed by atoms with Crippen molar-refractivity contribution in [2.75, 3.05) is 13.1 Å². The van der Waals surface area contributed by atoms with E-state index in [1.54, 1.807) is 0 Å². The minimum Gasteiger partial charge on any atom is -0.480 e. The van der Waals surface area contributed by atoms with Crippen molar-refractivity contribution < 1.29 is 9.90 Å². The summed E-state index contributed by atoms with van der Waals surface area (Å²) >= 11 is 0. The number of carbonyl (C=O) groups is 1. The third-order valence-corrected chi connectivity index (χ3v) is 4.60. The highest BCUT2D eigenvalue weighted by atomic mass is 16.4. The average molecular weight is 303 g/mol. The largest absolute Gasteiger partial charge is 0.480 e. The van der Waals surface area contributed by atoms with Gasteiger partial charge in [0.05, 0.1) is 11.0 Å². The molecule has 22 heavy (non-hydrogen) atoms. The molecule has 0 spiro atoms. The lowest BCUT2D eigenvalue weighted by molar-refractivity contribution is -0.144. The highest BCUT2D eigenvalue weighted by Gasteiger charge is 2.29. The number of nitrogens with zero attached hydrogens (tertiary/aromatic N) is 2. The molecule has 6 nitrogen and oxygen atoms in total. The van der Waals surface area contributed by atoms with Crippen molar-refractivity contribution in [1.82, 2.24) is 14.5 Å². The second-order valence-electron chi connectivity index (χ2n) is 5.85. The number of hydrogen-bond acceptors (Lipinski definition) is 3. The molecule has 3 rings (SSSR count). The highest BCUT2D eigenvalue weighted by molar-refractivity contribution is 5.75. The summed E-state index contributed by atoms with van der Waals surface area (Å²) in [6.45, 7) is 3.32. The fourth-order valence-electron chi connectivity index (χ4n) is 3.48. The molecule has 2 N–H and O–H groups in total. The van der Waals surface area contributed by atoms with E-state index in [2.05, 4.69) is 4.98 Å². The fourth-order valence-corrected chi connectivity index (χ4v) is 3.48. The van der Waals surface area contributed by atoms with Crippen LogP contribution in [0.5, 0.6) is 0 Å². The van der Waals surface area contributed by atoms with Crippen LogP contribution in [0.1, 0.15) is 32.2 Å². The van der Waals surface area contributed by atoms with Gasteiger partial charge >= 0.3 is 11.7 Å². The molecule has 2 heterocycles. The lowest BCUT2D eigenvalue weighted by atomic mass is 10.0. The summed E-state index contributed by atoms with van der Waals surface area (Å²) in [5, 5.41) is 9.26. The number of nitrogens with one attached hydrogen (secondary N) is 1. The molecule has 6 heteroatoms. The minimum atomic E-state index is -0.759. The van der Waals surface area contributed by atoms with Gasteiger partial charge in [-0.15, -0.1) is 0 Å². The molecule has 118 valence electrons. The Morgan fingerprint density at radius 3 is 2.68 bits per heavy atom. The number of carboxylic acid groups (broad SMARTS) is 1. The van der Waals surface area contributed by atoms with Gasteiger partial charge in [-0.2, -0.15) is 0 Å². The average Bonchev–Trinajstić information content (AvgIpc) is 2.84. The molecule has 0 radical (unpaired) electrons. The van der Waals surface area contributed by atoms with Gasteiger partial charge in [0.25, 0.3) is 0 Å². The normalized spacial score (nSPS) is 18.6. The number of carboxylic acids is 1. The number of rotatable bonds is 4. The molecule has 1 aliphatic heterocycles. The van der Waals surface area contributed by atoms with E-state index in [4.69, 9.17) is 0 Å². The van der Waals surface area contributed by atoms with E-state index < -0.39 is 12.0 Å². The molecular weight excluding hydrogens is 282 g/mol. The first-order valence-corrected chi connectivity index (χ1v) is 7.78. The van der Waals surface area contributed by atoms with Crippen LogP contribution in [0.2, 0.25) is 0 Å². The van der Waals surface area contributed by atoms with Crippen molar-refractivity contribution in [2.24, 2.45) is 0 Å². The topological polar surface area (TPSA) is 78.3 Å².